The van der Waals surface area contributed by atoms with Crippen molar-refractivity contribution in [2.75, 3.05) is 16.5 Å². The standard InChI is InChI=1S/C19H18N4O2/c1-13-11-14-7-5-6-10-16(14)22(13)19(25)18-20-12-17(24)23(21-18)15-8-3-2-4-9-15/h2-10,13H,11-12H2,1H3,(H,20,21)/t13-/m1/s1. The van der Waals surface area contributed by atoms with Gasteiger partial charge < -0.3 is 4.90 Å². The molecule has 1 atom stereocenters. The van der Waals surface area contributed by atoms with E-state index in [9.17, 15) is 9.59 Å². The Labute approximate surface area is 145 Å². The van der Waals surface area contributed by atoms with E-state index in [1.54, 1.807) is 4.90 Å². The molecule has 0 radical (unpaired) electrons. The van der Waals surface area contributed by atoms with Gasteiger partial charge in [0, 0.05) is 11.7 Å². The molecule has 2 aliphatic rings. The van der Waals surface area contributed by atoms with E-state index in [2.05, 4.69) is 10.4 Å². The molecule has 0 spiro atoms. The number of carbonyl (C=O) groups excluding carboxylic acids is 2. The summed E-state index contributed by atoms with van der Waals surface area (Å²) in [6.07, 6.45) is 0.816. The smallest absolute Gasteiger partial charge is 0.295 e. The molecule has 4 rings (SSSR count). The Kier molecular flexibility index (Phi) is 3.72. The monoisotopic (exact) mass is 334 g/mol. The Hall–Kier alpha value is -3.15. The largest absolute Gasteiger partial charge is 0.302 e. The number of fused-ring (bicyclic) bond motifs is 1. The Morgan fingerprint density at radius 1 is 1.12 bits per heavy atom. The lowest BCUT2D eigenvalue weighted by molar-refractivity contribution is -0.118. The molecular weight excluding hydrogens is 316 g/mol. The van der Waals surface area contributed by atoms with Crippen molar-refractivity contribution in [2.24, 2.45) is 4.99 Å². The van der Waals surface area contributed by atoms with Crippen LogP contribution in [0.4, 0.5) is 11.4 Å². The number of hydrogen-bond donors (Lipinski definition) is 1. The molecule has 0 bridgehead atoms. The van der Waals surface area contributed by atoms with Gasteiger partial charge in [-0.05, 0) is 37.1 Å². The number of rotatable bonds is 2. The van der Waals surface area contributed by atoms with Crippen LogP contribution < -0.4 is 15.3 Å². The van der Waals surface area contributed by atoms with Crippen molar-refractivity contribution in [2.45, 2.75) is 19.4 Å². The van der Waals surface area contributed by atoms with Gasteiger partial charge in [-0.15, -0.1) is 0 Å². The molecule has 0 saturated carbocycles. The van der Waals surface area contributed by atoms with E-state index >= 15 is 0 Å². The van der Waals surface area contributed by atoms with Crippen LogP contribution in [0.15, 0.2) is 59.6 Å². The fraction of sp³-hybridized carbons (Fsp3) is 0.211. The van der Waals surface area contributed by atoms with E-state index in [-0.39, 0.29) is 30.2 Å². The van der Waals surface area contributed by atoms with Gasteiger partial charge in [-0.3, -0.25) is 20.0 Å². The van der Waals surface area contributed by atoms with E-state index in [1.165, 1.54) is 5.01 Å². The maximum atomic E-state index is 13.1. The minimum atomic E-state index is -0.217. The maximum Gasteiger partial charge on any atom is 0.295 e. The Balaban J connectivity index is 1.62. The topological polar surface area (TPSA) is 65.0 Å². The summed E-state index contributed by atoms with van der Waals surface area (Å²) in [6.45, 7) is 1.97. The van der Waals surface area contributed by atoms with Crippen LogP contribution in [0.5, 0.6) is 0 Å². The van der Waals surface area contributed by atoms with E-state index in [4.69, 9.17) is 0 Å². The molecule has 6 heteroatoms. The molecule has 0 aromatic heterocycles. The van der Waals surface area contributed by atoms with Gasteiger partial charge in [0.05, 0.1) is 5.69 Å². The second-order valence-electron chi connectivity index (χ2n) is 6.20. The fourth-order valence-electron chi connectivity index (χ4n) is 3.31. The van der Waals surface area contributed by atoms with Crippen molar-refractivity contribution >= 4 is 29.0 Å². The highest BCUT2D eigenvalue weighted by molar-refractivity contribution is 6.44. The molecule has 0 unspecified atom stereocenters. The van der Waals surface area contributed by atoms with Gasteiger partial charge in [-0.25, -0.2) is 5.01 Å². The minimum Gasteiger partial charge on any atom is -0.302 e. The molecule has 1 N–H and O–H groups in total. The van der Waals surface area contributed by atoms with Crippen molar-refractivity contribution < 1.29 is 9.59 Å². The average molecular weight is 334 g/mol. The molecule has 2 heterocycles. The number of anilines is 2. The van der Waals surface area contributed by atoms with Gasteiger partial charge in [0.25, 0.3) is 11.8 Å². The van der Waals surface area contributed by atoms with Crippen molar-refractivity contribution in [1.29, 1.82) is 0 Å². The van der Waals surface area contributed by atoms with Gasteiger partial charge in [0.1, 0.15) is 6.54 Å². The lowest BCUT2D eigenvalue weighted by Gasteiger charge is -2.30. The molecule has 2 aromatic carbocycles. The summed E-state index contributed by atoms with van der Waals surface area (Å²) in [5, 5.41) is 1.38. The number of aliphatic imine (C=N–C) groups is 1. The highest BCUT2D eigenvalue weighted by Crippen LogP contribution is 2.32. The predicted molar refractivity (Wildman–Crippen MR) is 96.5 cm³/mol. The first kappa shape index (κ1) is 15.4. The van der Waals surface area contributed by atoms with Crippen LogP contribution in [0.2, 0.25) is 0 Å². The van der Waals surface area contributed by atoms with E-state index in [1.807, 2.05) is 61.5 Å². The average Bonchev–Trinajstić information content (AvgIpc) is 2.98. The number of nitrogens with one attached hydrogen (secondary N) is 1. The zero-order valence-electron chi connectivity index (χ0n) is 13.8. The summed E-state index contributed by atoms with van der Waals surface area (Å²) in [5.41, 5.74) is 5.63. The highest BCUT2D eigenvalue weighted by atomic mass is 16.2. The zero-order chi connectivity index (χ0) is 17.4. The molecule has 0 saturated heterocycles. The quantitative estimate of drug-likeness (QED) is 0.912. The molecule has 0 aliphatic carbocycles. The number of hydrazine groups is 1. The fourth-order valence-corrected chi connectivity index (χ4v) is 3.31. The first-order valence-corrected chi connectivity index (χ1v) is 8.26. The van der Waals surface area contributed by atoms with Gasteiger partial charge >= 0.3 is 0 Å². The molecule has 6 nitrogen and oxygen atoms in total. The number of hydrogen-bond acceptors (Lipinski definition) is 4. The van der Waals surface area contributed by atoms with Crippen LogP contribution >= 0.6 is 0 Å². The summed E-state index contributed by atoms with van der Waals surface area (Å²) in [5.74, 6) is -0.226. The lowest BCUT2D eigenvalue weighted by Crippen LogP contribution is -2.57. The molecule has 2 aliphatic heterocycles. The van der Waals surface area contributed by atoms with Crippen molar-refractivity contribution in [1.82, 2.24) is 5.43 Å². The third-order valence-electron chi connectivity index (χ3n) is 4.48. The van der Waals surface area contributed by atoms with Crippen molar-refractivity contribution in [3.8, 4) is 0 Å². The van der Waals surface area contributed by atoms with Crippen molar-refractivity contribution in [3.05, 3.63) is 60.2 Å². The van der Waals surface area contributed by atoms with Crippen LogP contribution in [0.3, 0.4) is 0 Å². The van der Waals surface area contributed by atoms with Crippen molar-refractivity contribution in [3.63, 3.8) is 0 Å². The summed E-state index contributed by atoms with van der Waals surface area (Å²) < 4.78 is 0. The zero-order valence-corrected chi connectivity index (χ0v) is 13.8. The predicted octanol–water partition coefficient (Wildman–Crippen LogP) is 1.91. The molecule has 2 aromatic rings. The van der Waals surface area contributed by atoms with Gasteiger partial charge in [-0.1, -0.05) is 36.4 Å². The van der Waals surface area contributed by atoms with Crippen LogP contribution in [-0.4, -0.2) is 30.2 Å². The molecule has 0 fully saturated rings. The van der Waals surface area contributed by atoms with E-state index in [0.717, 1.165) is 17.7 Å². The summed E-state index contributed by atoms with van der Waals surface area (Å²) in [7, 11) is 0. The summed E-state index contributed by atoms with van der Waals surface area (Å²) >= 11 is 0. The van der Waals surface area contributed by atoms with Crippen LogP contribution in [0.25, 0.3) is 0 Å². The van der Waals surface area contributed by atoms with Crippen LogP contribution in [0.1, 0.15) is 12.5 Å². The molecule has 2 amide bonds. The van der Waals surface area contributed by atoms with E-state index in [0.29, 0.717) is 5.69 Å². The highest BCUT2D eigenvalue weighted by Gasteiger charge is 2.35. The van der Waals surface area contributed by atoms with E-state index < -0.39 is 0 Å². The minimum absolute atomic E-state index is 0.0488. The van der Waals surface area contributed by atoms with Gasteiger partial charge in [0.2, 0.25) is 5.84 Å². The Morgan fingerprint density at radius 3 is 2.64 bits per heavy atom. The number of benzene rings is 2. The maximum absolute atomic E-state index is 13.1. The summed E-state index contributed by atoms with van der Waals surface area (Å²) in [4.78, 5) is 31.1. The third kappa shape index (κ3) is 2.65. The normalized spacial score (nSPS) is 19.3. The second kappa shape index (κ2) is 6.05. The molecule has 126 valence electrons. The number of amides is 2. The SMILES string of the molecule is C[C@@H]1Cc2ccccc2N1C(=O)C1=NCC(=O)N(c2ccccc2)N1. The Bertz CT molecular complexity index is 863. The second-order valence-corrected chi connectivity index (χ2v) is 6.20. The third-order valence-corrected chi connectivity index (χ3v) is 4.48. The van der Waals surface area contributed by atoms with Crippen LogP contribution in [0, 0.1) is 0 Å². The Morgan fingerprint density at radius 2 is 1.84 bits per heavy atom. The number of para-hydroxylation sites is 2. The lowest BCUT2D eigenvalue weighted by atomic mass is 10.1. The van der Waals surface area contributed by atoms with Crippen LogP contribution in [-0.2, 0) is 16.0 Å². The molecular formula is C19H18N4O2. The number of amidine groups is 1. The van der Waals surface area contributed by atoms with Gasteiger partial charge in [0.15, 0.2) is 0 Å². The number of nitrogens with zero attached hydrogens (tertiary/aromatic N) is 3. The number of carbonyl (C=O) groups is 2. The van der Waals surface area contributed by atoms with Gasteiger partial charge in [-0.2, -0.15) is 0 Å². The first-order chi connectivity index (χ1) is 12.1. The molecule has 25 heavy (non-hydrogen) atoms. The first-order valence-electron chi connectivity index (χ1n) is 8.26. The summed E-state index contributed by atoms with van der Waals surface area (Å²) in [6, 6.07) is 17.1.